The summed E-state index contributed by atoms with van der Waals surface area (Å²) >= 11 is 5.89. The molecule has 3 rings (SSSR count). The first kappa shape index (κ1) is 18.9. The molecule has 0 bridgehead atoms. The van der Waals surface area contributed by atoms with Crippen LogP contribution in [0.5, 0.6) is 0 Å². The number of methoxy groups -OCH3 is 1. The molecule has 0 aliphatic carbocycles. The Morgan fingerprint density at radius 3 is 2.48 bits per heavy atom. The van der Waals surface area contributed by atoms with Crippen LogP contribution in [0.4, 0.5) is 5.69 Å². The van der Waals surface area contributed by atoms with Gasteiger partial charge in [0.15, 0.2) is 0 Å². The van der Waals surface area contributed by atoms with E-state index < -0.39 is 5.97 Å². The highest BCUT2D eigenvalue weighted by Gasteiger charge is 2.31. The van der Waals surface area contributed by atoms with Crippen LogP contribution in [0.2, 0.25) is 5.02 Å². The minimum atomic E-state index is -0.564. The summed E-state index contributed by atoms with van der Waals surface area (Å²) in [6.45, 7) is 0.851. The molecule has 1 atom stereocenters. The van der Waals surface area contributed by atoms with E-state index in [2.05, 4.69) is 5.32 Å². The van der Waals surface area contributed by atoms with E-state index in [0.29, 0.717) is 24.5 Å². The number of esters is 1. The molecule has 0 radical (unpaired) electrons. The number of nitrogens with zero attached hydrogens (tertiary/aromatic N) is 1. The molecule has 0 aromatic heterocycles. The number of carbonyl (C=O) groups excluding carboxylic acids is 3. The van der Waals surface area contributed by atoms with Crippen molar-refractivity contribution in [3.8, 4) is 0 Å². The first-order chi connectivity index (χ1) is 13.0. The second-order valence-electron chi connectivity index (χ2n) is 6.30. The van der Waals surface area contributed by atoms with E-state index in [1.54, 1.807) is 53.4 Å². The Balaban J connectivity index is 1.63. The topological polar surface area (TPSA) is 75.7 Å². The largest absolute Gasteiger partial charge is 0.465 e. The fourth-order valence-electron chi connectivity index (χ4n) is 3.09. The van der Waals surface area contributed by atoms with Gasteiger partial charge in [-0.25, -0.2) is 4.79 Å². The maximum atomic E-state index is 12.5. The van der Waals surface area contributed by atoms with Crippen LogP contribution < -0.4 is 10.2 Å². The fourth-order valence-corrected chi connectivity index (χ4v) is 3.22. The van der Waals surface area contributed by atoms with E-state index in [9.17, 15) is 14.4 Å². The Bertz CT molecular complexity index is 867. The lowest BCUT2D eigenvalue weighted by atomic mass is 10.1. The highest BCUT2D eigenvalue weighted by molar-refractivity contribution is 6.30. The zero-order valence-electron chi connectivity index (χ0n) is 14.8. The van der Waals surface area contributed by atoms with E-state index in [4.69, 9.17) is 16.3 Å². The average Bonchev–Trinajstić information content (AvgIpc) is 3.06. The van der Waals surface area contributed by atoms with Gasteiger partial charge in [-0.15, -0.1) is 0 Å². The van der Waals surface area contributed by atoms with Crippen LogP contribution in [0.1, 0.15) is 27.1 Å². The quantitative estimate of drug-likeness (QED) is 0.802. The fraction of sp³-hybridized carbons (Fsp3) is 0.250. The van der Waals surface area contributed by atoms with Crippen molar-refractivity contribution in [2.45, 2.75) is 6.42 Å². The van der Waals surface area contributed by atoms with Crippen molar-refractivity contribution in [1.29, 1.82) is 0 Å². The summed E-state index contributed by atoms with van der Waals surface area (Å²) in [5, 5.41) is 3.42. The summed E-state index contributed by atoms with van der Waals surface area (Å²) in [5.41, 5.74) is 1.25. The molecule has 6 nitrogen and oxygen atoms in total. The summed E-state index contributed by atoms with van der Waals surface area (Å²) in [6, 6.07) is 13.5. The highest BCUT2D eigenvalue weighted by atomic mass is 35.5. The first-order valence-corrected chi connectivity index (χ1v) is 8.89. The predicted molar refractivity (Wildman–Crippen MR) is 102 cm³/mol. The van der Waals surface area contributed by atoms with Gasteiger partial charge in [-0.05, 0) is 36.4 Å². The first-order valence-electron chi connectivity index (χ1n) is 8.51. The number of rotatable bonds is 5. The zero-order valence-corrected chi connectivity index (χ0v) is 15.5. The molecule has 2 aromatic carbocycles. The standard InChI is InChI=1S/C20H19ClN2O4/c1-27-20(26)17-5-3-2-4-16(17)19(25)22-11-13-10-18(24)23(12-13)15-8-6-14(21)7-9-15/h2-9,13H,10-12H2,1H3,(H,22,25). The van der Waals surface area contributed by atoms with Crippen molar-refractivity contribution in [2.24, 2.45) is 5.92 Å². The number of nitrogens with one attached hydrogen (secondary N) is 1. The number of hydrogen-bond donors (Lipinski definition) is 1. The van der Waals surface area contributed by atoms with Crippen molar-refractivity contribution in [3.05, 3.63) is 64.7 Å². The van der Waals surface area contributed by atoms with Crippen molar-refractivity contribution < 1.29 is 19.1 Å². The summed E-state index contributed by atoms with van der Waals surface area (Å²) in [6.07, 6.45) is 0.349. The second-order valence-corrected chi connectivity index (χ2v) is 6.73. The Kier molecular flexibility index (Phi) is 5.76. The molecule has 1 fully saturated rings. The van der Waals surface area contributed by atoms with Crippen LogP contribution >= 0.6 is 11.6 Å². The Hall–Kier alpha value is -2.86. The van der Waals surface area contributed by atoms with Crippen LogP contribution in [0.15, 0.2) is 48.5 Å². The molecule has 2 aromatic rings. The monoisotopic (exact) mass is 386 g/mol. The highest BCUT2D eigenvalue weighted by Crippen LogP contribution is 2.26. The lowest BCUT2D eigenvalue weighted by Crippen LogP contribution is -2.32. The number of halogens is 1. The molecular formula is C20H19ClN2O4. The van der Waals surface area contributed by atoms with E-state index in [0.717, 1.165) is 5.69 Å². The maximum absolute atomic E-state index is 12.5. The van der Waals surface area contributed by atoms with E-state index in [1.165, 1.54) is 7.11 Å². The number of anilines is 1. The lowest BCUT2D eigenvalue weighted by Gasteiger charge is -2.17. The van der Waals surface area contributed by atoms with Crippen molar-refractivity contribution in [2.75, 3.05) is 25.1 Å². The Labute approximate surface area is 162 Å². The van der Waals surface area contributed by atoms with Gasteiger partial charge in [-0.1, -0.05) is 23.7 Å². The molecule has 7 heteroatoms. The van der Waals surface area contributed by atoms with E-state index in [1.807, 2.05) is 0 Å². The smallest absolute Gasteiger partial charge is 0.338 e. The zero-order chi connectivity index (χ0) is 19.4. The number of amides is 2. The van der Waals surface area contributed by atoms with Crippen LogP contribution in [-0.4, -0.2) is 38.0 Å². The van der Waals surface area contributed by atoms with Crippen LogP contribution in [0.25, 0.3) is 0 Å². The van der Waals surface area contributed by atoms with Gasteiger partial charge in [0.05, 0.1) is 18.2 Å². The molecule has 0 spiro atoms. The number of carbonyl (C=O) groups is 3. The van der Waals surface area contributed by atoms with Gasteiger partial charge in [-0.2, -0.15) is 0 Å². The average molecular weight is 387 g/mol. The SMILES string of the molecule is COC(=O)c1ccccc1C(=O)NCC1CC(=O)N(c2ccc(Cl)cc2)C1. The third-order valence-electron chi connectivity index (χ3n) is 4.47. The van der Waals surface area contributed by atoms with Gasteiger partial charge in [0.2, 0.25) is 5.91 Å². The van der Waals surface area contributed by atoms with Gasteiger partial charge in [-0.3, -0.25) is 9.59 Å². The number of benzene rings is 2. The van der Waals surface area contributed by atoms with Gasteiger partial charge in [0.25, 0.3) is 5.91 Å². The van der Waals surface area contributed by atoms with Gasteiger partial charge >= 0.3 is 5.97 Å². The second kappa shape index (κ2) is 8.22. The molecule has 27 heavy (non-hydrogen) atoms. The molecule has 1 aliphatic heterocycles. The van der Waals surface area contributed by atoms with Gasteiger partial charge in [0.1, 0.15) is 0 Å². The summed E-state index contributed by atoms with van der Waals surface area (Å²) in [7, 11) is 1.27. The Morgan fingerprint density at radius 1 is 1.15 bits per heavy atom. The van der Waals surface area contributed by atoms with Crippen molar-refractivity contribution in [3.63, 3.8) is 0 Å². The Morgan fingerprint density at radius 2 is 1.81 bits per heavy atom. The van der Waals surface area contributed by atoms with E-state index in [-0.39, 0.29) is 28.9 Å². The van der Waals surface area contributed by atoms with Crippen molar-refractivity contribution in [1.82, 2.24) is 5.32 Å². The molecule has 1 heterocycles. The number of hydrogen-bond acceptors (Lipinski definition) is 4. The molecule has 0 saturated carbocycles. The van der Waals surface area contributed by atoms with Crippen LogP contribution in [-0.2, 0) is 9.53 Å². The molecule has 1 N–H and O–H groups in total. The molecule has 2 amide bonds. The summed E-state index contributed by atoms with van der Waals surface area (Å²) in [4.78, 5) is 38.3. The summed E-state index contributed by atoms with van der Waals surface area (Å²) in [5.74, 6) is -0.937. The van der Waals surface area contributed by atoms with E-state index >= 15 is 0 Å². The van der Waals surface area contributed by atoms with Gasteiger partial charge in [0, 0.05) is 36.1 Å². The maximum Gasteiger partial charge on any atom is 0.338 e. The molecule has 1 unspecified atom stereocenters. The minimum Gasteiger partial charge on any atom is -0.465 e. The summed E-state index contributed by atoms with van der Waals surface area (Å²) < 4.78 is 4.71. The molecular weight excluding hydrogens is 368 g/mol. The molecule has 1 aliphatic rings. The molecule has 1 saturated heterocycles. The van der Waals surface area contributed by atoms with Crippen LogP contribution in [0.3, 0.4) is 0 Å². The predicted octanol–water partition coefficient (Wildman–Crippen LogP) is 2.91. The lowest BCUT2D eigenvalue weighted by molar-refractivity contribution is -0.117. The molecule has 140 valence electrons. The normalized spacial score (nSPS) is 16.3. The minimum absolute atomic E-state index is 0.00605. The van der Waals surface area contributed by atoms with Crippen LogP contribution in [0, 0.1) is 5.92 Å². The third-order valence-corrected chi connectivity index (χ3v) is 4.72. The van der Waals surface area contributed by atoms with Crippen molar-refractivity contribution >= 4 is 35.1 Å². The number of ether oxygens (including phenoxy) is 1. The van der Waals surface area contributed by atoms with Gasteiger partial charge < -0.3 is 15.0 Å². The third kappa shape index (κ3) is 4.28.